The van der Waals surface area contributed by atoms with Crippen LogP contribution in [0.25, 0.3) is 0 Å². The largest absolute Gasteiger partial charge is 0.342 e. The molecule has 0 radical (unpaired) electrons. The van der Waals surface area contributed by atoms with Crippen LogP contribution in [0.3, 0.4) is 0 Å². The number of terminal acetylenes is 1. The maximum atomic E-state index is 12.0. The first kappa shape index (κ1) is 12.1. The van der Waals surface area contributed by atoms with E-state index in [-0.39, 0.29) is 23.3 Å². The van der Waals surface area contributed by atoms with Crippen molar-refractivity contribution >= 4 is 5.91 Å². The standard InChI is InChI=1S/C13H21NO/c1-5-10(6-2)14-12(15)11-8-7-9-13(11,3)4/h1,10-11H,6-9H2,2-4H3,(H,14,15). The lowest BCUT2D eigenvalue weighted by atomic mass is 9.81. The lowest BCUT2D eigenvalue weighted by Gasteiger charge is -2.26. The molecule has 2 unspecified atom stereocenters. The van der Waals surface area contributed by atoms with E-state index >= 15 is 0 Å². The molecule has 2 nitrogen and oxygen atoms in total. The molecule has 1 saturated carbocycles. The Kier molecular flexibility index (Phi) is 3.79. The van der Waals surface area contributed by atoms with Crippen molar-refractivity contribution in [3.8, 4) is 12.3 Å². The summed E-state index contributed by atoms with van der Waals surface area (Å²) in [5.74, 6) is 2.88. The molecule has 0 spiro atoms. The second kappa shape index (κ2) is 4.70. The zero-order chi connectivity index (χ0) is 11.5. The van der Waals surface area contributed by atoms with E-state index in [1.165, 1.54) is 0 Å². The van der Waals surface area contributed by atoms with Crippen LogP contribution in [0.4, 0.5) is 0 Å². The zero-order valence-electron chi connectivity index (χ0n) is 9.97. The third kappa shape index (κ3) is 2.75. The van der Waals surface area contributed by atoms with Gasteiger partial charge in [-0.3, -0.25) is 4.79 Å². The highest BCUT2D eigenvalue weighted by Crippen LogP contribution is 2.42. The van der Waals surface area contributed by atoms with Crippen molar-refractivity contribution in [2.75, 3.05) is 0 Å². The average molecular weight is 207 g/mol. The minimum absolute atomic E-state index is 0.103. The molecule has 0 aromatic carbocycles. The summed E-state index contributed by atoms with van der Waals surface area (Å²) in [5.41, 5.74) is 0.136. The van der Waals surface area contributed by atoms with Crippen molar-refractivity contribution in [2.45, 2.75) is 52.5 Å². The minimum atomic E-state index is -0.103. The Balaban J connectivity index is 2.58. The molecule has 0 aromatic heterocycles. The fourth-order valence-electron chi connectivity index (χ4n) is 2.35. The van der Waals surface area contributed by atoms with Crippen molar-refractivity contribution < 1.29 is 4.79 Å². The molecule has 1 fully saturated rings. The highest BCUT2D eigenvalue weighted by molar-refractivity contribution is 5.80. The van der Waals surface area contributed by atoms with Gasteiger partial charge >= 0.3 is 0 Å². The van der Waals surface area contributed by atoms with Crippen LogP contribution in [0.5, 0.6) is 0 Å². The van der Waals surface area contributed by atoms with Crippen LogP contribution >= 0.6 is 0 Å². The number of carbonyl (C=O) groups excluding carboxylic acids is 1. The fraction of sp³-hybridized carbons (Fsp3) is 0.769. The first-order valence-corrected chi connectivity index (χ1v) is 5.77. The summed E-state index contributed by atoms with van der Waals surface area (Å²) in [6.45, 7) is 6.33. The van der Waals surface area contributed by atoms with Crippen molar-refractivity contribution in [1.29, 1.82) is 0 Å². The van der Waals surface area contributed by atoms with Gasteiger partial charge in [-0.1, -0.05) is 33.1 Å². The number of hydrogen-bond donors (Lipinski definition) is 1. The van der Waals surface area contributed by atoms with Gasteiger partial charge in [-0.15, -0.1) is 6.42 Å². The van der Waals surface area contributed by atoms with E-state index in [4.69, 9.17) is 6.42 Å². The molecule has 0 aromatic rings. The van der Waals surface area contributed by atoms with Gasteiger partial charge in [0.1, 0.15) is 0 Å². The Morgan fingerprint density at radius 3 is 2.73 bits per heavy atom. The van der Waals surface area contributed by atoms with Gasteiger partial charge in [0.25, 0.3) is 0 Å². The van der Waals surface area contributed by atoms with Gasteiger partial charge in [-0.25, -0.2) is 0 Å². The summed E-state index contributed by atoms with van der Waals surface area (Å²) in [6, 6.07) is -0.103. The first-order chi connectivity index (χ1) is 7.01. The number of amides is 1. The normalized spacial score (nSPS) is 25.6. The molecule has 1 N–H and O–H groups in total. The Bertz CT molecular complexity index is 275. The number of hydrogen-bond acceptors (Lipinski definition) is 1. The quantitative estimate of drug-likeness (QED) is 0.707. The maximum absolute atomic E-state index is 12.0. The lowest BCUT2D eigenvalue weighted by Crippen LogP contribution is -2.41. The Labute approximate surface area is 92.8 Å². The molecule has 84 valence electrons. The average Bonchev–Trinajstić information content (AvgIpc) is 2.54. The summed E-state index contributed by atoms with van der Waals surface area (Å²) in [4.78, 5) is 12.0. The molecule has 2 heteroatoms. The van der Waals surface area contributed by atoms with Crippen molar-refractivity contribution in [3.05, 3.63) is 0 Å². The van der Waals surface area contributed by atoms with Crippen molar-refractivity contribution in [3.63, 3.8) is 0 Å². The molecular formula is C13H21NO. The molecule has 1 amide bonds. The van der Waals surface area contributed by atoms with Crippen LogP contribution < -0.4 is 5.32 Å². The summed E-state index contributed by atoms with van der Waals surface area (Å²) >= 11 is 0. The highest BCUT2D eigenvalue weighted by Gasteiger charge is 2.39. The third-order valence-electron chi connectivity index (χ3n) is 3.50. The van der Waals surface area contributed by atoms with Crippen molar-refractivity contribution in [1.82, 2.24) is 5.32 Å². The van der Waals surface area contributed by atoms with Gasteiger partial charge in [0, 0.05) is 5.92 Å². The van der Waals surface area contributed by atoms with E-state index in [1.54, 1.807) is 0 Å². The number of nitrogens with one attached hydrogen (secondary N) is 1. The van der Waals surface area contributed by atoms with E-state index in [0.717, 1.165) is 25.7 Å². The van der Waals surface area contributed by atoms with Gasteiger partial charge in [0.05, 0.1) is 6.04 Å². The molecule has 0 aliphatic heterocycles. The van der Waals surface area contributed by atoms with Crippen LogP contribution in [0.2, 0.25) is 0 Å². The number of rotatable bonds is 3. The predicted octanol–water partition coefficient (Wildman–Crippen LogP) is 2.34. The van der Waals surface area contributed by atoms with Gasteiger partial charge < -0.3 is 5.32 Å². The van der Waals surface area contributed by atoms with E-state index < -0.39 is 0 Å². The molecular weight excluding hydrogens is 186 g/mol. The van der Waals surface area contributed by atoms with E-state index in [2.05, 4.69) is 25.1 Å². The summed E-state index contributed by atoms with van der Waals surface area (Å²) in [7, 11) is 0. The Morgan fingerprint density at radius 1 is 1.67 bits per heavy atom. The molecule has 0 heterocycles. The van der Waals surface area contributed by atoms with Gasteiger partial charge in [-0.2, -0.15) is 0 Å². The fourth-order valence-corrected chi connectivity index (χ4v) is 2.35. The molecule has 1 aliphatic rings. The van der Waals surface area contributed by atoms with Crippen LogP contribution in [-0.4, -0.2) is 11.9 Å². The molecule has 2 atom stereocenters. The maximum Gasteiger partial charge on any atom is 0.224 e. The second-order valence-corrected chi connectivity index (χ2v) is 5.07. The first-order valence-electron chi connectivity index (χ1n) is 5.77. The smallest absolute Gasteiger partial charge is 0.224 e. The van der Waals surface area contributed by atoms with Crippen molar-refractivity contribution in [2.24, 2.45) is 11.3 Å². The summed E-state index contributed by atoms with van der Waals surface area (Å²) in [6.07, 6.45) is 9.42. The topological polar surface area (TPSA) is 29.1 Å². The van der Waals surface area contributed by atoms with E-state index in [0.29, 0.717) is 0 Å². The van der Waals surface area contributed by atoms with Crippen LogP contribution in [0, 0.1) is 23.7 Å². The molecule has 0 saturated heterocycles. The summed E-state index contributed by atoms with van der Waals surface area (Å²) < 4.78 is 0. The van der Waals surface area contributed by atoms with E-state index in [1.807, 2.05) is 6.92 Å². The SMILES string of the molecule is C#CC(CC)NC(=O)C1CCCC1(C)C. The van der Waals surface area contributed by atoms with E-state index in [9.17, 15) is 4.79 Å². The zero-order valence-corrected chi connectivity index (χ0v) is 9.97. The molecule has 1 rings (SSSR count). The monoisotopic (exact) mass is 207 g/mol. The minimum Gasteiger partial charge on any atom is -0.342 e. The predicted molar refractivity (Wildman–Crippen MR) is 62.2 cm³/mol. The molecule has 1 aliphatic carbocycles. The van der Waals surface area contributed by atoms with Gasteiger partial charge in [0.2, 0.25) is 5.91 Å². The Morgan fingerprint density at radius 2 is 2.33 bits per heavy atom. The molecule has 0 bridgehead atoms. The van der Waals surface area contributed by atoms with Gasteiger partial charge in [0.15, 0.2) is 0 Å². The van der Waals surface area contributed by atoms with Gasteiger partial charge in [-0.05, 0) is 24.7 Å². The molecule has 15 heavy (non-hydrogen) atoms. The van der Waals surface area contributed by atoms with Crippen LogP contribution in [-0.2, 0) is 4.79 Å². The van der Waals surface area contributed by atoms with Crippen LogP contribution in [0.1, 0.15) is 46.5 Å². The third-order valence-corrected chi connectivity index (χ3v) is 3.50. The van der Waals surface area contributed by atoms with Crippen LogP contribution in [0.15, 0.2) is 0 Å². The second-order valence-electron chi connectivity index (χ2n) is 5.07. The Hall–Kier alpha value is -0.970. The highest BCUT2D eigenvalue weighted by atomic mass is 16.2. The lowest BCUT2D eigenvalue weighted by molar-refractivity contribution is -0.127. The summed E-state index contributed by atoms with van der Waals surface area (Å²) in [5, 5.41) is 2.94. The number of carbonyl (C=O) groups is 1.